The van der Waals surface area contributed by atoms with Crippen molar-refractivity contribution >= 4 is 5.78 Å². The lowest BCUT2D eigenvalue weighted by atomic mass is 9.91. The van der Waals surface area contributed by atoms with Gasteiger partial charge in [-0.15, -0.1) is 0 Å². The van der Waals surface area contributed by atoms with Crippen LogP contribution in [0.5, 0.6) is 0 Å². The van der Waals surface area contributed by atoms with E-state index in [1.807, 2.05) is 6.07 Å². The van der Waals surface area contributed by atoms with Crippen LogP contribution in [0.3, 0.4) is 0 Å². The van der Waals surface area contributed by atoms with Gasteiger partial charge in [-0.3, -0.25) is 9.69 Å². The Kier molecular flexibility index (Phi) is 4.32. The molecule has 92 valence electrons. The Hall–Kier alpha value is -1.15. The lowest BCUT2D eigenvalue weighted by Gasteiger charge is -2.30. The monoisotopic (exact) mass is 231 g/mol. The minimum absolute atomic E-state index is 0.326. The van der Waals surface area contributed by atoms with Crippen LogP contribution in [-0.4, -0.2) is 23.8 Å². The van der Waals surface area contributed by atoms with Crippen LogP contribution >= 0.6 is 0 Å². The standard InChI is InChI=1S/C15H21NO/c1-2-6-14-9-10-16(12-15(14)17)11-13-7-4-3-5-8-13/h3-5,7-8,14H,2,6,9-12H2,1H3. The zero-order chi connectivity index (χ0) is 12.1. The highest BCUT2D eigenvalue weighted by molar-refractivity contribution is 5.83. The summed E-state index contributed by atoms with van der Waals surface area (Å²) in [5, 5.41) is 0. The van der Waals surface area contributed by atoms with Crippen LogP contribution in [0.4, 0.5) is 0 Å². The number of rotatable bonds is 4. The van der Waals surface area contributed by atoms with Crippen molar-refractivity contribution in [1.82, 2.24) is 4.90 Å². The fourth-order valence-corrected chi connectivity index (χ4v) is 2.56. The largest absolute Gasteiger partial charge is 0.298 e. The Bertz CT molecular complexity index is 360. The van der Waals surface area contributed by atoms with E-state index in [9.17, 15) is 4.79 Å². The summed E-state index contributed by atoms with van der Waals surface area (Å²) in [6.45, 7) is 4.76. The van der Waals surface area contributed by atoms with E-state index >= 15 is 0 Å². The Labute approximate surface area is 104 Å². The Morgan fingerprint density at radius 2 is 2.06 bits per heavy atom. The highest BCUT2D eigenvalue weighted by Gasteiger charge is 2.25. The first-order valence-corrected chi connectivity index (χ1v) is 6.58. The number of carbonyl (C=O) groups is 1. The topological polar surface area (TPSA) is 20.3 Å². The molecule has 0 bridgehead atoms. The van der Waals surface area contributed by atoms with E-state index < -0.39 is 0 Å². The van der Waals surface area contributed by atoms with Gasteiger partial charge in [-0.1, -0.05) is 43.7 Å². The highest BCUT2D eigenvalue weighted by atomic mass is 16.1. The van der Waals surface area contributed by atoms with E-state index in [2.05, 4.69) is 36.1 Å². The fraction of sp³-hybridized carbons (Fsp3) is 0.533. The van der Waals surface area contributed by atoms with Crippen molar-refractivity contribution in [2.75, 3.05) is 13.1 Å². The maximum atomic E-state index is 11.9. The first-order valence-electron chi connectivity index (χ1n) is 6.58. The van der Waals surface area contributed by atoms with Gasteiger partial charge in [-0.05, 0) is 24.9 Å². The quantitative estimate of drug-likeness (QED) is 0.794. The van der Waals surface area contributed by atoms with E-state index in [-0.39, 0.29) is 0 Å². The zero-order valence-electron chi connectivity index (χ0n) is 10.6. The molecule has 0 aromatic heterocycles. The summed E-state index contributed by atoms with van der Waals surface area (Å²) >= 11 is 0. The lowest BCUT2D eigenvalue weighted by molar-refractivity contribution is -0.127. The van der Waals surface area contributed by atoms with Crippen LogP contribution in [0.2, 0.25) is 0 Å². The number of Topliss-reactive ketones (excluding diaryl/α,β-unsaturated/α-hetero) is 1. The SMILES string of the molecule is CCCC1CCN(Cc2ccccc2)CC1=O. The van der Waals surface area contributed by atoms with Gasteiger partial charge in [-0.25, -0.2) is 0 Å². The summed E-state index contributed by atoms with van der Waals surface area (Å²) in [6, 6.07) is 10.4. The Balaban J connectivity index is 1.87. The van der Waals surface area contributed by atoms with Crippen LogP contribution in [0.1, 0.15) is 31.7 Å². The second-order valence-electron chi connectivity index (χ2n) is 4.94. The van der Waals surface area contributed by atoms with Gasteiger partial charge in [0, 0.05) is 12.5 Å². The molecule has 1 aromatic rings. The second kappa shape index (κ2) is 5.97. The van der Waals surface area contributed by atoms with Gasteiger partial charge in [-0.2, -0.15) is 0 Å². The van der Waals surface area contributed by atoms with Crippen molar-refractivity contribution in [2.45, 2.75) is 32.7 Å². The Morgan fingerprint density at radius 1 is 1.29 bits per heavy atom. The van der Waals surface area contributed by atoms with Gasteiger partial charge in [0.25, 0.3) is 0 Å². The molecular formula is C15H21NO. The maximum absolute atomic E-state index is 11.9. The van der Waals surface area contributed by atoms with Crippen LogP contribution in [0.15, 0.2) is 30.3 Å². The summed E-state index contributed by atoms with van der Waals surface area (Å²) in [7, 11) is 0. The number of hydrogen-bond acceptors (Lipinski definition) is 2. The van der Waals surface area contributed by atoms with Gasteiger partial charge >= 0.3 is 0 Å². The number of ketones is 1. The minimum Gasteiger partial charge on any atom is -0.298 e. The molecule has 0 amide bonds. The van der Waals surface area contributed by atoms with Gasteiger partial charge in [0.15, 0.2) is 0 Å². The number of benzene rings is 1. The third-order valence-corrected chi connectivity index (χ3v) is 3.51. The summed E-state index contributed by atoms with van der Waals surface area (Å²) in [6.07, 6.45) is 3.23. The van der Waals surface area contributed by atoms with Crippen molar-refractivity contribution in [2.24, 2.45) is 5.92 Å². The lowest BCUT2D eigenvalue weighted by Crippen LogP contribution is -2.40. The summed E-state index contributed by atoms with van der Waals surface area (Å²) in [5.41, 5.74) is 1.30. The Morgan fingerprint density at radius 3 is 2.71 bits per heavy atom. The third-order valence-electron chi connectivity index (χ3n) is 3.51. The molecule has 0 aliphatic carbocycles. The van der Waals surface area contributed by atoms with Crippen LogP contribution in [0.25, 0.3) is 0 Å². The molecule has 1 heterocycles. The average Bonchev–Trinajstić information content (AvgIpc) is 2.34. The molecule has 1 aliphatic heterocycles. The molecule has 2 rings (SSSR count). The second-order valence-corrected chi connectivity index (χ2v) is 4.94. The van der Waals surface area contributed by atoms with Crippen molar-refractivity contribution in [1.29, 1.82) is 0 Å². The zero-order valence-corrected chi connectivity index (χ0v) is 10.6. The molecule has 2 heteroatoms. The maximum Gasteiger partial charge on any atom is 0.149 e. The predicted molar refractivity (Wildman–Crippen MR) is 69.7 cm³/mol. The first kappa shape index (κ1) is 12.3. The molecule has 1 aromatic carbocycles. The molecule has 1 unspecified atom stereocenters. The van der Waals surface area contributed by atoms with Gasteiger partial charge in [0.2, 0.25) is 0 Å². The van der Waals surface area contributed by atoms with Crippen molar-refractivity contribution in [3.8, 4) is 0 Å². The number of hydrogen-bond donors (Lipinski definition) is 0. The molecule has 0 saturated carbocycles. The molecule has 1 aliphatic rings. The van der Waals surface area contributed by atoms with E-state index in [4.69, 9.17) is 0 Å². The molecular weight excluding hydrogens is 210 g/mol. The van der Waals surface area contributed by atoms with Crippen molar-refractivity contribution in [3.05, 3.63) is 35.9 Å². The molecule has 17 heavy (non-hydrogen) atoms. The van der Waals surface area contributed by atoms with E-state index in [1.165, 1.54) is 5.56 Å². The van der Waals surface area contributed by atoms with Crippen LogP contribution in [0, 0.1) is 5.92 Å². The molecule has 0 radical (unpaired) electrons. The van der Waals surface area contributed by atoms with Crippen molar-refractivity contribution < 1.29 is 4.79 Å². The van der Waals surface area contributed by atoms with Crippen LogP contribution in [-0.2, 0) is 11.3 Å². The molecule has 1 fully saturated rings. The third kappa shape index (κ3) is 3.40. The van der Waals surface area contributed by atoms with E-state index in [1.54, 1.807) is 0 Å². The van der Waals surface area contributed by atoms with Gasteiger partial charge in [0.1, 0.15) is 5.78 Å². The number of nitrogens with zero attached hydrogens (tertiary/aromatic N) is 1. The molecule has 0 spiro atoms. The molecule has 1 saturated heterocycles. The minimum atomic E-state index is 0.326. The highest BCUT2D eigenvalue weighted by Crippen LogP contribution is 2.20. The van der Waals surface area contributed by atoms with Crippen LogP contribution < -0.4 is 0 Å². The van der Waals surface area contributed by atoms with Crippen molar-refractivity contribution in [3.63, 3.8) is 0 Å². The summed E-state index contributed by atoms with van der Waals surface area (Å²) in [5.74, 6) is 0.765. The number of carbonyl (C=O) groups excluding carboxylic acids is 1. The molecule has 0 N–H and O–H groups in total. The smallest absolute Gasteiger partial charge is 0.149 e. The first-order chi connectivity index (χ1) is 8.29. The van der Waals surface area contributed by atoms with Gasteiger partial charge < -0.3 is 0 Å². The molecule has 2 nitrogen and oxygen atoms in total. The summed E-state index contributed by atoms with van der Waals surface area (Å²) < 4.78 is 0. The number of piperidine rings is 1. The van der Waals surface area contributed by atoms with E-state index in [0.717, 1.165) is 32.4 Å². The normalized spacial score (nSPS) is 21.7. The predicted octanol–water partition coefficient (Wildman–Crippen LogP) is 2.88. The van der Waals surface area contributed by atoms with Gasteiger partial charge in [0.05, 0.1) is 6.54 Å². The van der Waals surface area contributed by atoms with E-state index in [0.29, 0.717) is 18.2 Å². The number of likely N-dealkylation sites (tertiary alicyclic amines) is 1. The average molecular weight is 231 g/mol. The molecule has 1 atom stereocenters. The fourth-order valence-electron chi connectivity index (χ4n) is 2.56. The summed E-state index contributed by atoms with van der Waals surface area (Å²) in [4.78, 5) is 14.2.